The van der Waals surface area contributed by atoms with Crippen LogP contribution in [-0.4, -0.2) is 9.78 Å². The summed E-state index contributed by atoms with van der Waals surface area (Å²) >= 11 is 3.57. The quantitative estimate of drug-likeness (QED) is 0.490. The lowest BCUT2D eigenvalue weighted by Gasteiger charge is -2.01. The number of aryl methyl sites for hydroxylation is 2. The molecule has 0 aliphatic rings. The fourth-order valence-electron chi connectivity index (χ4n) is 0.726. The van der Waals surface area contributed by atoms with Gasteiger partial charge in [0.1, 0.15) is 5.69 Å². The van der Waals surface area contributed by atoms with Gasteiger partial charge < -0.3 is 4.18 Å². The van der Waals surface area contributed by atoms with E-state index in [9.17, 15) is 4.79 Å². The Kier molecular flexibility index (Phi) is 2.19. The normalized spacial score (nSPS) is 9.73. The van der Waals surface area contributed by atoms with Crippen LogP contribution in [0.1, 0.15) is 5.69 Å². The first-order valence-corrected chi connectivity index (χ1v) is 3.38. The van der Waals surface area contributed by atoms with Gasteiger partial charge in [0.25, 0.3) is 5.56 Å². The number of aromatic nitrogens is 2. The molecule has 4 nitrogen and oxygen atoms in total. The number of nitrogens with zero attached hydrogens (tertiary/aromatic N) is 2. The van der Waals surface area contributed by atoms with Crippen molar-refractivity contribution in [3.05, 3.63) is 22.1 Å². The molecule has 0 amide bonds. The van der Waals surface area contributed by atoms with Crippen LogP contribution in [0.4, 0.5) is 0 Å². The fourth-order valence-corrected chi connectivity index (χ4v) is 0.911. The molecule has 1 aromatic heterocycles. The van der Waals surface area contributed by atoms with E-state index in [2.05, 4.69) is 22.2 Å². The molecule has 0 bridgehead atoms. The maximum Gasteiger partial charge on any atom is 0.270 e. The van der Waals surface area contributed by atoms with Gasteiger partial charge >= 0.3 is 0 Å². The van der Waals surface area contributed by atoms with Crippen LogP contribution in [0.3, 0.4) is 0 Å². The van der Waals surface area contributed by atoms with E-state index < -0.39 is 0 Å². The van der Waals surface area contributed by atoms with Crippen molar-refractivity contribution < 1.29 is 4.18 Å². The van der Waals surface area contributed by atoms with Crippen LogP contribution in [0.5, 0.6) is 5.75 Å². The van der Waals surface area contributed by atoms with Crippen LogP contribution in [0.15, 0.2) is 10.9 Å². The minimum absolute atomic E-state index is 0.209. The van der Waals surface area contributed by atoms with Gasteiger partial charge in [0.15, 0.2) is 5.75 Å². The molecule has 1 aromatic rings. The van der Waals surface area contributed by atoms with E-state index >= 15 is 0 Å². The number of hydrogen-bond acceptors (Lipinski definition) is 4. The molecule has 11 heavy (non-hydrogen) atoms. The summed E-state index contributed by atoms with van der Waals surface area (Å²) < 4.78 is 5.84. The molecule has 1 rings (SSSR count). The second kappa shape index (κ2) is 2.96. The highest BCUT2D eigenvalue weighted by atomic mass is 32.1. The molecule has 1 heterocycles. The Morgan fingerprint density at radius 1 is 1.73 bits per heavy atom. The van der Waals surface area contributed by atoms with Crippen molar-refractivity contribution in [2.24, 2.45) is 7.05 Å². The van der Waals surface area contributed by atoms with Gasteiger partial charge in [-0.15, -0.1) is 0 Å². The molecular formula is C6H8N2O2S. The zero-order chi connectivity index (χ0) is 8.43. The minimum atomic E-state index is -0.209. The first-order chi connectivity index (χ1) is 5.15. The Morgan fingerprint density at radius 2 is 2.36 bits per heavy atom. The molecule has 0 aromatic carbocycles. The third-order valence-electron chi connectivity index (χ3n) is 1.33. The Hall–Kier alpha value is -0.970. The van der Waals surface area contributed by atoms with Gasteiger partial charge in [-0.1, -0.05) is 0 Å². The van der Waals surface area contributed by atoms with Gasteiger partial charge in [-0.3, -0.25) is 4.79 Å². The van der Waals surface area contributed by atoms with E-state index in [1.165, 1.54) is 10.7 Å². The molecule has 0 aliphatic carbocycles. The summed E-state index contributed by atoms with van der Waals surface area (Å²) in [7, 11) is 1.58. The summed E-state index contributed by atoms with van der Waals surface area (Å²) in [6.45, 7) is 1.74. The van der Waals surface area contributed by atoms with Crippen molar-refractivity contribution in [1.82, 2.24) is 9.78 Å². The first kappa shape index (κ1) is 8.13. The van der Waals surface area contributed by atoms with Crippen molar-refractivity contribution in [3.8, 4) is 5.75 Å². The summed E-state index contributed by atoms with van der Waals surface area (Å²) in [4.78, 5) is 10.9. The van der Waals surface area contributed by atoms with E-state index in [-0.39, 0.29) is 5.56 Å². The highest BCUT2D eigenvalue weighted by Crippen LogP contribution is 2.11. The van der Waals surface area contributed by atoms with Gasteiger partial charge in [-0.05, 0) is 6.92 Å². The maximum atomic E-state index is 10.9. The lowest BCUT2D eigenvalue weighted by molar-refractivity contribution is 0.605. The molecule has 5 heteroatoms. The minimum Gasteiger partial charge on any atom is -0.427 e. The number of rotatable bonds is 1. The molecule has 0 unspecified atom stereocenters. The second-order valence-electron chi connectivity index (χ2n) is 2.15. The van der Waals surface area contributed by atoms with Crippen LogP contribution in [-0.2, 0) is 7.05 Å². The van der Waals surface area contributed by atoms with E-state index in [1.54, 1.807) is 14.0 Å². The van der Waals surface area contributed by atoms with Crippen molar-refractivity contribution >= 4 is 12.9 Å². The summed E-state index contributed by atoms with van der Waals surface area (Å²) in [6.07, 6.45) is 0. The van der Waals surface area contributed by atoms with Gasteiger partial charge in [0, 0.05) is 20.0 Å². The summed E-state index contributed by atoms with van der Waals surface area (Å²) in [5.74, 6) is 0.399. The zero-order valence-electron chi connectivity index (χ0n) is 6.24. The van der Waals surface area contributed by atoms with Crippen molar-refractivity contribution in [2.75, 3.05) is 0 Å². The molecule has 0 atom stereocenters. The highest BCUT2D eigenvalue weighted by molar-refractivity contribution is 7.75. The monoisotopic (exact) mass is 172 g/mol. The first-order valence-electron chi connectivity index (χ1n) is 3.01. The molecule has 0 fully saturated rings. The zero-order valence-corrected chi connectivity index (χ0v) is 7.13. The maximum absolute atomic E-state index is 10.9. The molecular weight excluding hydrogens is 164 g/mol. The van der Waals surface area contributed by atoms with E-state index in [0.717, 1.165) is 0 Å². The third kappa shape index (κ3) is 1.54. The van der Waals surface area contributed by atoms with Crippen molar-refractivity contribution in [2.45, 2.75) is 6.92 Å². The van der Waals surface area contributed by atoms with Crippen molar-refractivity contribution in [1.29, 1.82) is 0 Å². The van der Waals surface area contributed by atoms with E-state index in [1.807, 2.05) is 0 Å². The van der Waals surface area contributed by atoms with Gasteiger partial charge in [-0.25, -0.2) is 4.68 Å². The van der Waals surface area contributed by atoms with Crippen LogP contribution in [0, 0.1) is 6.92 Å². The molecule has 0 N–H and O–H groups in total. The third-order valence-corrected chi connectivity index (χ3v) is 1.53. The standard InChI is InChI=1S/C6H8N2O2S/c1-4-5(10-11)3-6(9)8(2)7-4/h3,11H,1-2H3. The van der Waals surface area contributed by atoms with Crippen LogP contribution in [0.25, 0.3) is 0 Å². The SMILES string of the molecule is Cc1nn(C)c(=O)cc1OS. The lowest BCUT2D eigenvalue weighted by atomic mass is 10.4. The van der Waals surface area contributed by atoms with Gasteiger partial charge in [-0.2, -0.15) is 5.10 Å². The summed E-state index contributed by atoms with van der Waals surface area (Å²) in [5, 5.41) is 3.87. The fraction of sp³-hybridized carbons (Fsp3) is 0.333. The smallest absolute Gasteiger partial charge is 0.270 e. The average molecular weight is 172 g/mol. The number of thiol groups is 1. The molecule has 0 radical (unpaired) electrons. The van der Waals surface area contributed by atoms with Crippen LogP contribution >= 0.6 is 12.9 Å². The molecule has 0 aliphatic heterocycles. The Balaban J connectivity index is 3.32. The predicted octanol–water partition coefficient (Wildman–Crippen LogP) is 0.312. The molecule has 0 saturated carbocycles. The van der Waals surface area contributed by atoms with Crippen LogP contribution < -0.4 is 9.74 Å². The van der Waals surface area contributed by atoms with E-state index in [0.29, 0.717) is 11.4 Å². The predicted molar refractivity (Wildman–Crippen MR) is 43.8 cm³/mol. The van der Waals surface area contributed by atoms with Crippen LogP contribution in [0.2, 0.25) is 0 Å². The largest absolute Gasteiger partial charge is 0.427 e. The lowest BCUT2D eigenvalue weighted by Crippen LogP contribution is -2.19. The topological polar surface area (TPSA) is 44.1 Å². The average Bonchev–Trinajstić information content (AvgIpc) is 1.97. The Labute approximate surface area is 69.4 Å². The Bertz CT molecular complexity index is 321. The van der Waals surface area contributed by atoms with E-state index in [4.69, 9.17) is 0 Å². The second-order valence-corrected chi connectivity index (χ2v) is 2.33. The number of hydrogen-bond donors (Lipinski definition) is 1. The van der Waals surface area contributed by atoms with Gasteiger partial charge in [0.2, 0.25) is 0 Å². The summed E-state index contributed by atoms with van der Waals surface area (Å²) in [6, 6.07) is 1.34. The molecule has 0 saturated heterocycles. The highest BCUT2D eigenvalue weighted by Gasteiger charge is 2.01. The molecule has 60 valence electrons. The van der Waals surface area contributed by atoms with Gasteiger partial charge in [0.05, 0.1) is 6.07 Å². The summed E-state index contributed by atoms with van der Waals surface area (Å²) in [5.41, 5.74) is 0.432. The molecule has 0 spiro atoms. The Morgan fingerprint density at radius 3 is 2.91 bits per heavy atom. The van der Waals surface area contributed by atoms with Crippen molar-refractivity contribution in [3.63, 3.8) is 0 Å².